The molecule has 104 valence electrons. The Bertz CT molecular complexity index is 604. The zero-order valence-electron chi connectivity index (χ0n) is 9.76. The predicted molar refractivity (Wildman–Crippen MR) is 68.5 cm³/mol. The van der Waals surface area contributed by atoms with Gasteiger partial charge in [0.05, 0.1) is 6.54 Å². The molecule has 4 nitrogen and oxygen atoms in total. The second-order valence-electron chi connectivity index (χ2n) is 3.91. The molecule has 0 saturated carbocycles. The molecule has 1 aromatic rings. The fraction of sp³-hybridized carbons (Fsp3) is 0.364. The Kier molecular flexibility index (Phi) is 4.05. The van der Waals surface area contributed by atoms with Crippen LogP contribution < -0.4 is 0 Å². The molecular formula is C11H11ClF2N2O2S. The van der Waals surface area contributed by atoms with Crippen LogP contribution in [-0.2, 0) is 10.0 Å². The summed E-state index contributed by atoms with van der Waals surface area (Å²) in [4.78, 5) is 1.24. The van der Waals surface area contributed by atoms with Crippen molar-refractivity contribution in [2.45, 2.75) is 11.3 Å². The van der Waals surface area contributed by atoms with Gasteiger partial charge in [-0.15, -0.1) is 16.0 Å². The van der Waals surface area contributed by atoms with Gasteiger partial charge >= 0.3 is 0 Å². The second-order valence-corrected chi connectivity index (χ2v) is 5.86. The van der Waals surface area contributed by atoms with E-state index in [4.69, 9.17) is 11.6 Å². The van der Waals surface area contributed by atoms with Crippen LogP contribution in [0, 0.1) is 0 Å². The normalized spacial score (nSPS) is 16.3. The lowest BCUT2D eigenvalue weighted by Gasteiger charge is -2.22. The average molecular weight is 309 g/mol. The molecule has 0 amide bonds. The molecule has 0 N–H and O–H groups in total. The summed E-state index contributed by atoms with van der Waals surface area (Å²) in [5.74, 6) is 0.144. The van der Waals surface area contributed by atoms with E-state index in [1.807, 2.05) is 0 Å². The van der Waals surface area contributed by atoms with Crippen LogP contribution in [0.25, 0.3) is 0 Å². The maximum atomic E-state index is 12.5. The van der Waals surface area contributed by atoms with Gasteiger partial charge in [-0.3, -0.25) is 0 Å². The number of alkyl halides is 3. The van der Waals surface area contributed by atoms with Gasteiger partial charge in [0.2, 0.25) is 0 Å². The largest absolute Gasteiger partial charge is 0.348 e. The zero-order chi connectivity index (χ0) is 14.0. The minimum Gasteiger partial charge on any atom is -0.348 e. The predicted octanol–water partition coefficient (Wildman–Crippen LogP) is 1.94. The second kappa shape index (κ2) is 5.42. The number of benzene rings is 1. The van der Waals surface area contributed by atoms with Crippen LogP contribution in [0.5, 0.6) is 0 Å². The number of halogens is 3. The number of hydrogen-bond acceptors (Lipinski definition) is 3. The van der Waals surface area contributed by atoms with Crippen LogP contribution in [0.4, 0.5) is 8.78 Å². The van der Waals surface area contributed by atoms with Gasteiger partial charge in [-0.05, 0) is 12.1 Å². The third kappa shape index (κ3) is 2.87. The van der Waals surface area contributed by atoms with E-state index in [1.54, 1.807) is 18.2 Å². The van der Waals surface area contributed by atoms with E-state index in [9.17, 15) is 17.2 Å². The standard InChI is InChI=1S/C11H11ClF2N2O2S/c12-5-6-16(7-10(13)14)11-8-3-1-2-4-9(8)19(17,18)15-11/h1-4,10H,5-7H2. The Morgan fingerprint density at radius 3 is 2.63 bits per heavy atom. The van der Waals surface area contributed by atoms with Crippen LogP contribution >= 0.6 is 11.6 Å². The molecule has 0 fully saturated rings. The smallest absolute Gasteiger partial charge is 0.285 e. The highest BCUT2D eigenvalue weighted by atomic mass is 35.5. The van der Waals surface area contributed by atoms with Gasteiger partial charge in [-0.2, -0.15) is 8.42 Å². The van der Waals surface area contributed by atoms with E-state index in [2.05, 4.69) is 4.40 Å². The van der Waals surface area contributed by atoms with Crippen molar-refractivity contribution < 1.29 is 17.2 Å². The first-order valence-corrected chi connectivity index (χ1v) is 7.46. The van der Waals surface area contributed by atoms with E-state index in [-0.39, 0.29) is 23.2 Å². The molecule has 1 aliphatic heterocycles. The summed E-state index contributed by atoms with van der Waals surface area (Å²) < 4.78 is 52.3. The van der Waals surface area contributed by atoms with E-state index in [0.717, 1.165) is 0 Å². The molecule has 0 saturated heterocycles. The molecule has 0 aliphatic carbocycles. The Hall–Kier alpha value is -1.21. The number of fused-ring (bicyclic) bond motifs is 1. The fourth-order valence-electron chi connectivity index (χ4n) is 1.87. The number of amidine groups is 1. The molecule has 1 aliphatic rings. The van der Waals surface area contributed by atoms with Gasteiger partial charge in [0.15, 0.2) is 5.84 Å². The van der Waals surface area contributed by atoms with Crippen molar-refractivity contribution in [2.75, 3.05) is 19.0 Å². The van der Waals surface area contributed by atoms with Crippen LogP contribution in [-0.4, -0.2) is 44.5 Å². The first kappa shape index (κ1) is 14.2. The summed E-state index contributed by atoms with van der Waals surface area (Å²) in [5, 5.41) is 0. The molecule has 2 rings (SSSR count). The molecule has 8 heteroatoms. The third-order valence-corrected chi connectivity index (χ3v) is 4.12. The molecule has 0 unspecified atom stereocenters. The van der Waals surface area contributed by atoms with Crippen molar-refractivity contribution in [3.63, 3.8) is 0 Å². The Morgan fingerprint density at radius 1 is 1.32 bits per heavy atom. The van der Waals surface area contributed by atoms with E-state index >= 15 is 0 Å². The molecular weight excluding hydrogens is 298 g/mol. The maximum Gasteiger partial charge on any atom is 0.285 e. The lowest BCUT2D eigenvalue weighted by molar-refractivity contribution is 0.118. The summed E-state index contributed by atoms with van der Waals surface area (Å²) in [5.41, 5.74) is 0.341. The third-order valence-electron chi connectivity index (χ3n) is 2.62. The van der Waals surface area contributed by atoms with Gasteiger partial charge in [-0.25, -0.2) is 8.78 Å². The topological polar surface area (TPSA) is 49.7 Å². The first-order valence-electron chi connectivity index (χ1n) is 5.49. The van der Waals surface area contributed by atoms with Crippen LogP contribution in [0.3, 0.4) is 0 Å². The van der Waals surface area contributed by atoms with Crippen molar-refractivity contribution in [3.05, 3.63) is 29.8 Å². The summed E-state index contributed by atoms with van der Waals surface area (Å²) in [6, 6.07) is 6.15. The van der Waals surface area contributed by atoms with Gasteiger partial charge in [0.1, 0.15) is 4.90 Å². The highest BCUT2D eigenvalue weighted by molar-refractivity contribution is 7.90. The van der Waals surface area contributed by atoms with Gasteiger partial charge in [0, 0.05) is 18.0 Å². The zero-order valence-corrected chi connectivity index (χ0v) is 11.3. The summed E-state index contributed by atoms with van der Waals surface area (Å²) in [6.07, 6.45) is -2.60. The lowest BCUT2D eigenvalue weighted by Crippen LogP contribution is -2.36. The minimum absolute atomic E-state index is 0.0385. The highest BCUT2D eigenvalue weighted by Crippen LogP contribution is 2.27. The molecule has 0 radical (unpaired) electrons. The average Bonchev–Trinajstić information content (AvgIpc) is 2.61. The molecule has 0 aromatic heterocycles. The maximum absolute atomic E-state index is 12.5. The van der Waals surface area contributed by atoms with Crippen molar-refractivity contribution >= 4 is 27.5 Å². The number of nitrogens with zero attached hydrogens (tertiary/aromatic N) is 2. The summed E-state index contributed by atoms with van der Waals surface area (Å²) in [7, 11) is -3.80. The Labute approximate surface area is 114 Å². The minimum atomic E-state index is -3.80. The highest BCUT2D eigenvalue weighted by Gasteiger charge is 2.32. The van der Waals surface area contributed by atoms with E-state index in [0.29, 0.717) is 5.56 Å². The molecule has 0 bridgehead atoms. The van der Waals surface area contributed by atoms with E-state index < -0.39 is 23.0 Å². The fourth-order valence-corrected chi connectivity index (χ4v) is 3.30. The van der Waals surface area contributed by atoms with E-state index in [1.165, 1.54) is 11.0 Å². The monoisotopic (exact) mass is 308 g/mol. The van der Waals surface area contributed by atoms with Gasteiger partial charge in [-0.1, -0.05) is 12.1 Å². The van der Waals surface area contributed by atoms with Crippen molar-refractivity contribution in [1.82, 2.24) is 4.90 Å². The van der Waals surface area contributed by atoms with Crippen LogP contribution in [0.2, 0.25) is 0 Å². The van der Waals surface area contributed by atoms with Crippen molar-refractivity contribution in [2.24, 2.45) is 4.40 Å². The molecule has 0 spiro atoms. The van der Waals surface area contributed by atoms with Crippen molar-refractivity contribution in [3.8, 4) is 0 Å². The Balaban J connectivity index is 2.44. The van der Waals surface area contributed by atoms with Gasteiger partial charge < -0.3 is 4.90 Å². The van der Waals surface area contributed by atoms with Crippen LogP contribution in [0.1, 0.15) is 5.56 Å². The molecule has 0 atom stereocenters. The number of rotatable bonds is 4. The molecule has 1 aromatic carbocycles. The lowest BCUT2D eigenvalue weighted by atomic mass is 10.2. The van der Waals surface area contributed by atoms with Crippen molar-refractivity contribution in [1.29, 1.82) is 0 Å². The molecule has 19 heavy (non-hydrogen) atoms. The first-order chi connectivity index (χ1) is 8.95. The summed E-state index contributed by atoms with van der Waals surface area (Å²) in [6.45, 7) is -0.496. The Morgan fingerprint density at radius 2 is 2.00 bits per heavy atom. The number of hydrogen-bond donors (Lipinski definition) is 0. The summed E-state index contributed by atoms with van der Waals surface area (Å²) >= 11 is 5.57. The van der Waals surface area contributed by atoms with Gasteiger partial charge in [0.25, 0.3) is 16.4 Å². The molecule has 1 heterocycles. The SMILES string of the molecule is O=S1(=O)N=C(N(CCCl)CC(F)F)c2ccccc21. The van der Waals surface area contributed by atoms with Crippen LogP contribution in [0.15, 0.2) is 33.6 Å². The quantitative estimate of drug-likeness (QED) is 0.799. The number of sulfonamides is 1.